The van der Waals surface area contributed by atoms with Crippen molar-refractivity contribution in [3.8, 4) is 5.82 Å². The van der Waals surface area contributed by atoms with Gasteiger partial charge in [-0.25, -0.2) is 14.3 Å². The molecular formula is C13H11N3O. The average Bonchev–Trinajstić information content (AvgIpc) is 2.68. The first kappa shape index (κ1) is 9.84. The Morgan fingerprint density at radius 2 is 2.06 bits per heavy atom. The molecule has 0 fully saturated rings. The van der Waals surface area contributed by atoms with E-state index >= 15 is 0 Å². The van der Waals surface area contributed by atoms with Crippen LogP contribution in [0.2, 0.25) is 0 Å². The molecule has 0 saturated carbocycles. The van der Waals surface area contributed by atoms with Gasteiger partial charge in [-0.1, -0.05) is 18.2 Å². The van der Waals surface area contributed by atoms with Gasteiger partial charge in [0, 0.05) is 6.20 Å². The zero-order valence-corrected chi connectivity index (χ0v) is 9.34. The Balaban J connectivity index is 2.42. The second kappa shape index (κ2) is 3.59. The molecule has 0 spiro atoms. The smallest absolute Gasteiger partial charge is 0.305 e. The first-order valence-electron chi connectivity index (χ1n) is 5.39. The van der Waals surface area contributed by atoms with E-state index in [2.05, 4.69) is 9.97 Å². The van der Waals surface area contributed by atoms with Crippen LogP contribution < -0.4 is 5.69 Å². The number of hydrogen-bond donors (Lipinski definition) is 1. The molecule has 0 atom stereocenters. The van der Waals surface area contributed by atoms with Crippen molar-refractivity contribution in [1.82, 2.24) is 14.5 Å². The number of nitrogens with zero attached hydrogens (tertiary/aromatic N) is 2. The van der Waals surface area contributed by atoms with E-state index in [0.29, 0.717) is 5.82 Å². The van der Waals surface area contributed by atoms with Gasteiger partial charge in [0.2, 0.25) is 0 Å². The van der Waals surface area contributed by atoms with Crippen LogP contribution in [-0.2, 0) is 0 Å². The van der Waals surface area contributed by atoms with Gasteiger partial charge in [0.15, 0.2) is 0 Å². The summed E-state index contributed by atoms with van der Waals surface area (Å²) in [6, 6.07) is 11.3. The molecule has 1 aromatic carbocycles. The summed E-state index contributed by atoms with van der Waals surface area (Å²) in [6.07, 6.45) is 1.68. The molecule has 2 aromatic heterocycles. The Bertz CT molecular complexity index is 725. The molecule has 4 nitrogen and oxygen atoms in total. The molecule has 17 heavy (non-hydrogen) atoms. The summed E-state index contributed by atoms with van der Waals surface area (Å²) in [7, 11) is 0. The number of pyridine rings is 1. The number of hydrogen-bond acceptors (Lipinski definition) is 2. The monoisotopic (exact) mass is 225 g/mol. The lowest BCUT2D eigenvalue weighted by Crippen LogP contribution is -2.15. The summed E-state index contributed by atoms with van der Waals surface area (Å²) in [5.41, 5.74) is 2.61. The Morgan fingerprint density at radius 3 is 2.82 bits per heavy atom. The van der Waals surface area contributed by atoms with Gasteiger partial charge in [-0.3, -0.25) is 0 Å². The van der Waals surface area contributed by atoms with Crippen molar-refractivity contribution in [2.75, 3.05) is 0 Å². The quantitative estimate of drug-likeness (QED) is 0.688. The van der Waals surface area contributed by atoms with Crippen LogP contribution in [0.1, 0.15) is 5.56 Å². The molecule has 2 heterocycles. The van der Waals surface area contributed by atoms with Gasteiger partial charge in [0.1, 0.15) is 5.82 Å². The number of imidazole rings is 1. The average molecular weight is 225 g/mol. The number of rotatable bonds is 1. The summed E-state index contributed by atoms with van der Waals surface area (Å²) in [6.45, 7) is 1.97. The standard InChI is InChI=1S/C13H11N3O/c1-9-5-4-6-10-12(9)15-13(17)16(10)11-7-2-3-8-14-11/h2-8H,1H3,(H,15,17). The van der Waals surface area contributed by atoms with Gasteiger partial charge < -0.3 is 4.98 Å². The number of H-pyrrole nitrogens is 1. The van der Waals surface area contributed by atoms with Gasteiger partial charge in [-0.05, 0) is 30.7 Å². The van der Waals surface area contributed by atoms with E-state index in [1.54, 1.807) is 10.8 Å². The Labute approximate surface area is 97.6 Å². The van der Waals surface area contributed by atoms with E-state index in [1.165, 1.54) is 0 Å². The summed E-state index contributed by atoms with van der Waals surface area (Å²) >= 11 is 0. The van der Waals surface area contributed by atoms with Gasteiger partial charge in [0.05, 0.1) is 11.0 Å². The maximum Gasteiger partial charge on any atom is 0.332 e. The van der Waals surface area contributed by atoms with Gasteiger partial charge >= 0.3 is 5.69 Å². The Hall–Kier alpha value is -2.36. The van der Waals surface area contributed by atoms with Crippen molar-refractivity contribution in [2.24, 2.45) is 0 Å². The van der Waals surface area contributed by atoms with E-state index < -0.39 is 0 Å². The van der Waals surface area contributed by atoms with E-state index in [4.69, 9.17) is 0 Å². The second-order valence-corrected chi connectivity index (χ2v) is 3.92. The lowest BCUT2D eigenvalue weighted by molar-refractivity contribution is 0.966. The highest BCUT2D eigenvalue weighted by atomic mass is 16.1. The topological polar surface area (TPSA) is 50.7 Å². The maximum absolute atomic E-state index is 12.0. The molecule has 0 saturated heterocycles. The summed E-state index contributed by atoms with van der Waals surface area (Å²) in [4.78, 5) is 19.0. The highest BCUT2D eigenvalue weighted by Gasteiger charge is 2.09. The summed E-state index contributed by atoms with van der Waals surface area (Å²) in [5, 5.41) is 0. The number of aryl methyl sites for hydroxylation is 1. The maximum atomic E-state index is 12.0. The van der Waals surface area contributed by atoms with Crippen LogP contribution in [0.3, 0.4) is 0 Å². The number of fused-ring (bicyclic) bond motifs is 1. The van der Waals surface area contributed by atoms with Crippen LogP contribution in [0.15, 0.2) is 47.4 Å². The van der Waals surface area contributed by atoms with Crippen LogP contribution >= 0.6 is 0 Å². The SMILES string of the molecule is Cc1cccc2c1[nH]c(=O)n2-c1ccccn1. The summed E-state index contributed by atoms with van der Waals surface area (Å²) in [5.74, 6) is 0.634. The Morgan fingerprint density at radius 1 is 1.18 bits per heavy atom. The highest BCUT2D eigenvalue weighted by Crippen LogP contribution is 2.16. The molecule has 4 heteroatoms. The van der Waals surface area contributed by atoms with E-state index in [1.807, 2.05) is 43.3 Å². The molecule has 3 aromatic rings. The number of para-hydroxylation sites is 1. The molecule has 0 aliphatic heterocycles. The molecule has 1 N–H and O–H groups in total. The van der Waals surface area contributed by atoms with Crippen molar-refractivity contribution in [3.05, 3.63) is 58.6 Å². The van der Waals surface area contributed by atoms with Crippen molar-refractivity contribution < 1.29 is 0 Å². The number of aromatic amines is 1. The fraction of sp³-hybridized carbons (Fsp3) is 0.0769. The zero-order valence-electron chi connectivity index (χ0n) is 9.34. The minimum Gasteiger partial charge on any atom is -0.305 e. The number of aromatic nitrogens is 3. The van der Waals surface area contributed by atoms with Gasteiger partial charge in [-0.15, -0.1) is 0 Å². The van der Waals surface area contributed by atoms with E-state index in [9.17, 15) is 4.79 Å². The third-order valence-corrected chi connectivity index (χ3v) is 2.81. The highest BCUT2D eigenvalue weighted by molar-refractivity contribution is 5.80. The van der Waals surface area contributed by atoms with Crippen LogP contribution in [-0.4, -0.2) is 14.5 Å². The normalized spacial score (nSPS) is 10.9. The van der Waals surface area contributed by atoms with Crippen molar-refractivity contribution in [3.63, 3.8) is 0 Å². The van der Waals surface area contributed by atoms with Crippen LogP contribution in [0, 0.1) is 6.92 Å². The molecule has 0 unspecified atom stereocenters. The first-order valence-corrected chi connectivity index (χ1v) is 5.39. The molecule has 0 aliphatic rings. The molecular weight excluding hydrogens is 214 g/mol. The minimum absolute atomic E-state index is 0.159. The Kier molecular flexibility index (Phi) is 2.08. The first-order chi connectivity index (χ1) is 8.27. The van der Waals surface area contributed by atoms with Gasteiger partial charge in [0.25, 0.3) is 0 Å². The predicted octanol–water partition coefficient (Wildman–Crippen LogP) is 2.02. The molecule has 0 bridgehead atoms. The predicted molar refractivity (Wildman–Crippen MR) is 66.4 cm³/mol. The van der Waals surface area contributed by atoms with E-state index in [0.717, 1.165) is 16.6 Å². The molecule has 3 rings (SSSR count). The number of benzene rings is 1. The molecule has 84 valence electrons. The zero-order chi connectivity index (χ0) is 11.8. The minimum atomic E-state index is -0.159. The molecule has 0 radical (unpaired) electrons. The lowest BCUT2D eigenvalue weighted by atomic mass is 10.2. The third-order valence-electron chi connectivity index (χ3n) is 2.81. The second-order valence-electron chi connectivity index (χ2n) is 3.92. The molecule has 0 aliphatic carbocycles. The van der Waals surface area contributed by atoms with Crippen LogP contribution in [0.25, 0.3) is 16.9 Å². The van der Waals surface area contributed by atoms with Gasteiger partial charge in [-0.2, -0.15) is 0 Å². The third kappa shape index (κ3) is 1.45. The largest absolute Gasteiger partial charge is 0.332 e. The fourth-order valence-electron chi connectivity index (χ4n) is 1.99. The van der Waals surface area contributed by atoms with E-state index in [-0.39, 0.29) is 5.69 Å². The molecule has 0 amide bonds. The van der Waals surface area contributed by atoms with Crippen molar-refractivity contribution >= 4 is 11.0 Å². The fourth-order valence-corrected chi connectivity index (χ4v) is 1.99. The van der Waals surface area contributed by atoms with Crippen LogP contribution in [0.4, 0.5) is 0 Å². The lowest BCUT2D eigenvalue weighted by Gasteiger charge is -2.01. The van der Waals surface area contributed by atoms with Crippen LogP contribution in [0.5, 0.6) is 0 Å². The van der Waals surface area contributed by atoms with Crippen molar-refractivity contribution in [1.29, 1.82) is 0 Å². The summed E-state index contributed by atoms with van der Waals surface area (Å²) < 4.78 is 1.59. The van der Waals surface area contributed by atoms with Crippen molar-refractivity contribution in [2.45, 2.75) is 6.92 Å². The number of nitrogens with one attached hydrogen (secondary N) is 1.